The molecule has 134 valence electrons. The van der Waals surface area contributed by atoms with Gasteiger partial charge in [0.05, 0.1) is 18.2 Å². The molecule has 0 aliphatic rings. The second kappa shape index (κ2) is 6.24. The first-order valence-electron chi connectivity index (χ1n) is 6.64. The minimum atomic E-state index is -5.80. The minimum Gasteiger partial charge on any atom is -0.353 e. The van der Waals surface area contributed by atoms with Crippen LogP contribution in [0.2, 0.25) is 0 Å². The van der Waals surface area contributed by atoms with E-state index < -0.39 is 46.9 Å². The van der Waals surface area contributed by atoms with Crippen molar-refractivity contribution >= 4 is 0 Å². The van der Waals surface area contributed by atoms with Gasteiger partial charge in [-0.05, 0) is 12.1 Å². The van der Waals surface area contributed by atoms with Crippen LogP contribution in [0.5, 0.6) is 0 Å². The lowest BCUT2D eigenvalue weighted by Gasteiger charge is -2.45. The minimum absolute atomic E-state index is 0.401. The van der Waals surface area contributed by atoms with E-state index >= 15 is 0 Å². The van der Waals surface area contributed by atoms with Gasteiger partial charge >= 0.3 is 12.4 Å². The average Bonchev–Trinajstić information content (AvgIpc) is 2.35. The second-order valence-corrected chi connectivity index (χ2v) is 6.09. The summed E-state index contributed by atoms with van der Waals surface area (Å²) in [5.41, 5.74) is -8.02. The van der Waals surface area contributed by atoms with Gasteiger partial charge in [-0.3, -0.25) is 0 Å². The molecule has 0 aliphatic heterocycles. The first kappa shape index (κ1) is 20.2. The van der Waals surface area contributed by atoms with Gasteiger partial charge in [-0.1, -0.05) is 26.8 Å². The molecule has 0 N–H and O–H groups in total. The van der Waals surface area contributed by atoms with Crippen LogP contribution >= 0.6 is 0 Å². The van der Waals surface area contributed by atoms with Crippen molar-refractivity contribution in [2.24, 2.45) is 5.41 Å². The molecule has 0 fully saturated rings. The summed E-state index contributed by atoms with van der Waals surface area (Å²) in [6, 6.07) is 4.51. The lowest BCUT2D eigenvalue weighted by molar-refractivity contribution is -0.413. The van der Waals surface area contributed by atoms with E-state index in [2.05, 4.69) is 4.74 Å². The number of ether oxygens (including phenoxy) is 1. The van der Waals surface area contributed by atoms with Crippen LogP contribution in [0.1, 0.15) is 31.9 Å². The Bertz CT molecular complexity index is 599. The van der Waals surface area contributed by atoms with Gasteiger partial charge in [0.15, 0.2) is 0 Å². The molecule has 2 nitrogen and oxygen atoms in total. The zero-order chi connectivity index (χ0) is 19.0. The predicted octanol–water partition coefficient (Wildman–Crippen LogP) is 5.12. The molecule has 0 unspecified atom stereocenters. The Balaban J connectivity index is 3.45. The molecule has 9 heteroatoms. The van der Waals surface area contributed by atoms with Crippen LogP contribution in [0.4, 0.5) is 30.7 Å². The molecule has 0 aliphatic carbocycles. The molecule has 0 atom stereocenters. The molecule has 0 radical (unpaired) electrons. The van der Waals surface area contributed by atoms with Gasteiger partial charge in [0.1, 0.15) is 5.82 Å². The fourth-order valence-electron chi connectivity index (χ4n) is 2.38. The fourth-order valence-corrected chi connectivity index (χ4v) is 2.38. The molecular weight excluding hydrogens is 343 g/mol. The van der Waals surface area contributed by atoms with E-state index in [4.69, 9.17) is 5.26 Å². The molecule has 1 aromatic carbocycles. The van der Waals surface area contributed by atoms with Crippen molar-refractivity contribution < 1.29 is 35.5 Å². The highest BCUT2D eigenvalue weighted by atomic mass is 19.4. The maximum absolute atomic E-state index is 13.7. The SMILES string of the molecule is CC(C)(C)C(OCc1c(F)cccc1C#N)(C(F)(F)F)C(F)(F)F. The van der Waals surface area contributed by atoms with E-state index in [1.54, 1.807) is 0 Å². The maximum Gasteiger partial charge on any atom is 0.427 e. The second-order valence-electron chi connectivity index (χ2n) is 6.09. The topological polar surface area (TPSA) is 33.0 Å². The fraction of sp³-hybridized carbons (Fsp3) is 0.533. The first-order chi connectivity index (χ1) is 10.7. The van der Waals surface area contributed by atoms with Crippen molar-refractivity contribution in [2.75, 3.05) is 0 Å². The van der Waals surface area contributed by atoms with E-state index in [0.29, 0.717) is 0 Å². The Morgan fingerprint density at radius 1 is 1.00 bits per heavy atom. The van der Waals surface area contributed by atoms with E-state index in [-0.39, 0.29) is 0 Å². The summed E-state index contributed by atoms with van der Waals surface area (Å²) >= 11 is 0. The lowest BCUT2D eigenvalue weighted by Crippen LogP contribution is -2.66. The van der Waals surface area contributed by atoms with E-state index in [1.165, 1.54) is 6.07 Å². The monoisotopic (exact) mass is 357 g/mol. The molecule has 0 saturated heterocycles. The summed E-state index contributed by atoms with van der Waals surface area (Å²) in [4.78, 5) is 0. The lowest BCUT2D eigenvalue weighted by atomic mass is 9.75. The van der Waals surface area contributed by atoms with Crippen molar-refractivity contribution in [3.05, 3.63) is 35.1 Å². The Labute approximate surface area is 133 Å². The number of benzene rings is 1. The van der Waals surface area contributed by atoms with Crippen molar-refractivity contribution in [1.29, 1.82) is 5.26 Å². The number of hydrogen-bond donors (Lipinski definition) is 0. The van der Waals surface area contributed by atoms with Gasteiger partial charge in [0.2, 0.25) is 0 Å². The number of halogens is 7. The number of hydrogen-bond acceptors (Lipinski definition) is 2. The largest absolute Gasteiger partial charge is 0.427 e. The van der Waals surface area contributed by atoms with Crippen molar-refractivity contribution in [3.63, 3.8) is 0 Å². The van der Waals surface area contributed by atoms with Crippen LogP contribution in [-0.2, 0) is 11.3 Å². The Morgan fingerprint density at radius 2 is 1.50 bits per heavy atom. The van der Waals surface area contributed by atoms with Crippen molar-refractivity contribution in [3.8, 4) is 6.07 Å². The molecule has 1 aromatic rings. The van der Waals surface area contributed by atoms with Gasteiger partial charge in [0, 0.05) is 11.0 Å². The van der Waals surface area contributed by atoms with Gasteiger partial charge in [-0.25, -0.2) is 4.39 Å². The van der Waals surface area contributed by atoms with Crippen LogP contribution in [0.15, 0.2) is 18.2 Å². The third-order valence-corrected chi connectivity index (χ3v) is 3.53. The summed E-state index contributed by atoms with van der Waals surface area (Å²) in [5.74, 6) is -1.12. The van der Waals surface area contributed by atoms with Crippen molar-refractivity contribution in [2.45, 2.75) is 45.3 Å². The third-order valence-electron chi connectivity index (χ3n) is 3.53. The van der Waals surface area contributed by atoms with Crippen LogP contribution < -0.4 is 0 Å². The molecule has 0 amide bonds. The van der Waals surface area contributed by atoms with Crippen LogP contribution in [0.25, 0.3) is 0 Å². The molecule has 0 saturated carbocycles. The quantitative estimate of drug-likeness (QED) is 0.703. The molecule has 0 aromatic heterocycles. The number of alkyl halides is 6. The van der Waals surface area contributed by atoms with Gasteiger partial charge in [0.25, 0.3) is 5.60 Å². The van der Waals surface area contributed by atoms with E-state index in [9.17, 15) is 30.7 Å². The Morgan fingerprint density at radius 3 is 1.88 bits per heavy atom. The summed E-state index contributed by atoms with van der Waals surface area (Å²) in [6.45, 7) is 0.813. The van der Waals surface area contributed by atoms with Gasteiger partial charge in [-0.2, -0.15) is 31.6 Å². The number of nitriles is 1. The average molecular weight is 357 g/mol. The van der Waals surface area contributed by atoms with Crippen LogP contribution in [-0.4, -0.2) is 18.0 Å². The molecule has 0 spiro atoms. The zero-order valence-corrected chi connectivity index (χ0v) is 12.9. The summed E-state index contributed by atoms with van der Waals surface area (Å²) in [6.07, 6.45) is -11.6. The normalized spacial score (nSPS) is 13.7. The highest BCUT2D eigenvalue weighted by molar-refractivity contribution is 5.38. The Hall–Kier alpha value is -1.82. The maximum atomic E-state index is 13.7. The first-order valence-corrected chi connectivity index (χ1v) is 6.64. The third kappa shape index (κ3) is 3.34. The Kier molecular flexibility index (Phi) is 5.26. The van der Waals surface area contributed by atoms with Crippen LogP contribution in [0.3, 0.4) is 0 Å². The molecule has 1 rings (SSSR count). The predicted molar refractivity (Wildman–Crippen MR) is 70.2 cm³/mol. The molecule has 0 bridgehead atoms. The number of rotatable bonds is 3. The summed E-state index contributed by atoms with van der Waals surface area (Å²) in [7, 11) is 0. The zero-order valence-electron chi connectivity index (χ0n) is 12.9. The van der Waals surface area contributed by atoms with E-state index in [1.807, 2.05) is 0 Å². The van der Waals surface area contributed by atoms with Crippen LogP contribution in [0, 0.1) is 22.6 Å². The molecular formula is C15H14F7NO. The highest BCUT2D eigenvalue weighted by Gasteiger charge is 2.77. The van der Waals surface area contributed by atoms with E-state index in [0.717, 1.165) is 39.0 Å². The van der Waals surface area contributed by atoms with Crippen molar-refractivity contribution in [1.82, 2.24) is 0 Å². The molecule has 24 heavy (non-hydrogen) atoms. The highest BCUT2D eigenvalue weighted by Crippen LogP contribution is 2.55. The molecule has 0 heterocycles. The van der Waals surface area contributed by atoms with Gasteiger partial charge < -0.3 is 4.74 Å². The van der Waals surface area contributed by atoms with Gasteiger partial charge in [-0.15, -0.1) is 0 Å². The standard InChI is InChI=1S/C15H14F7NO/c1-12(2,3)13(14(17,18)19,15(20,21)22)24-8-10-9(7-23)5-4-6-11(10)16/h4-6H,8H2,1-3H3. The smallest absolute Gasteiger partial charge is 0.353 e. The summed E-state index contributed by atoms with van der Waals surface area (Å²) in [5, 5.41) is 8.84. The summed E-state index contributed by atoms with van der Waals surface area (Å²) < 4.78 is 98.1. The number of nitrogens with zero attached hydrogens (tertiary/aromatic N) is 1.